The first-order valence-electron chi connectivity index (χ1n) is 11.5. The van der Waals surface area contributed by atoms with E-state index in [-0.39, 0.29) is 55.0 Å². The van der Waals surface area contributed by atoms with Crippen molar-refractivity contribution >= 4 is 0 Å². The van der Waals surface area contributed by atoms with Gasteiger partial charge in [-0.2, -0.15) is 26.3 Å². The van der Waals surface area contributed by atoms with E-state index in [0.29, 0.717) is 11.4 Å². The molecule has 0 saturated heterocycles. The van der Waals surface area contributed by atoms with Crippen LogP contribution in [-0.4, -0.2) is 19.9 Å². The summed E-state index contributed by atoms with van der Waals surface area (Å²) in [7, 11) is 0. The standard InChI is InChI=1S/C28H20F6N4.Pt/c1-25(2)17-9-15(11-19(13-17)27(29,30)31)23-35-7-5-21(37-23)26(3,4)22-6-8-36-24(38-22)16-10-18(25)14-20(12-16)28(32,33)34;/h5-8,11-14H,1-4H3;/q-2;+2. The number of rotatable bonds is 0. The Morgan fingerprint density at radius 3 is 1.36 bits per heavy atom. The van der Waals surface area contributed by atoms with Crippen molar-refractivity contribution in [2.45, 2.75) is 50.9 Å². The maximum Gasteiger partial charge on any atom is 2.00 e. The van der Waals surface area contributed by atoms with Crippen LogP contribution in [0, 0.1) is 12.1 Å². The molecule has 5 rings (SSSR count). The van der Waals surface area contributed by atoms with Crippen LogP contribution < -0.4 is 0 Å². The summed E-state index contributed by atoms with van der Waals surface area (Å²) in [6.07, 6.45) is -6.58. The van der Waals surface area contributed by atoms with Gasteiger partial charge >= 0.3 is 33.4 Å². The second-order valence-corrected chi connectivity index (χ2v) is 10.2. The van der Waals surface area contributed by atoms with Crippen LogP contribution in [0.4, 0.5) is 26.3 Å². The number of hydrogen-bond donors (Lipinski definition) is 0. The molecule has 0 spiro atoms. The molecule has 2 aromatic heterocycles. The maximum atomic E-state index is 14.0. The Balaban J connectivity index is 0.00000353. The first-order chi connectivity index (χ1) is 17.6. The molecule has 204 valence electrons. The fourth-order valence-electron chi connectivity index (χ4n) is 4.33. The van der Waals surface area contributed by atoms with Crippen LogP contribution in [-0.2, 0) is 44.2 Å². The fourth-order valence-corrected chi connectivity index (χ4v) is 4.33. The molecule has 0 aliphatic carbocycles. The van der Waals surface area contributed by atoms with Crippen molar-refractivity contribution in [1.82, 2.24) is 19.9 Å². The van der Waals surface area contributed by atoms with Crippen molar-refractivity contribution in [3.63, 3.8) is 0 Å². The van der Waals surface area contributed by atoms with Gasteiger partial charge in [-0.05, 0) is 42.5 Å². The van der Waals surface area contributed by atoms with E-state index in [4.69, 9.17) is 0 Å². The molecule has 1 aliphatic heterocycles. The SMILES string of the molecule is CC1(C)c2[c-]c(cc(C(F)(F)F)c2)-c2nccc(n2)C(C)(C)c2ccnc(n2)-c2[c-]c1cc(C(F)(F)F)c2.[Pt+2]. The number of benzene rings is 2. The third-order valence-electron chi connectivity index (χ3n) is 6.81. The van der Waals surface area contributed by atoms with E-state index in [1.54, 1.807) is 26.0 Å². The van der Waals surface area contributed by atoms with E-state index < -0.39 is 34.3 Å². The molecule has 0 saturated carbocycles. The van der Waals surface area contributed by atoms with Crippen LogP contribution in [0.3, 0.4) is 0 Å². The number of alkyl halides is 6. The summed E-state index contributed by atoms with van der Waals surface area (Å²) < 4.78 is 83.9. The Bertz CT molecular complexity index is 1450. The Labute approximate surface area is 235 Å². The van der Waals surface area contributed by atoms with E-state index >= 15 is 0 Å². The molecule has 0 amide bonds. The molecule has 2 aromatic carbocycles. The molecule has 1 aliphatic rings. The maximum absolute atomic E-state index is 14.0. The minimum Gasteiger partial charge on any atom is -0.285 e. The quantitative estimate of drug-likeness (QED) is 0.143. The summed E-state index contributed by atoms with van der Waals surface area (Å²) in [5.41, 5.74) is -3.42. The third-order valence-corrected chi connectivity index (χ3v) is 6.81. The minimum absolute atomic E-state index is 0. The van der Waals surface area contributed by atoms with E-state index in [0.717, 1.165) is 24.3 Å². The van der Waals surface area contributed by atoms with E-state index in [1.165, 1.54) is 26.2 Å². The average Bonchev–Trinajstić information content (AvgIpc) is 2.87. The molecule has 0 fully saturated rings. The van der Waals surface area contributed by atoms with Gasteiger partial charge in [0.25, 0.3) is 0 Å². The number of nitrogens with zero attached hydrogens (tertiary/aromatic N) is 4. The van der Waals surface area contributed by atoms with Crippen molar-refractivity contribution < 1.29 is 47.4 Å². The minimum atomic E-state index is -4.73. The van der Waals surface area contributed by atoms with Crippen molar-refractivity contribution in [1.29, 1.82) is 0 Å². The zero-order valence-corrected chi connectivity index (χ0v) is 23.3. The number of hydrogen-bond acceptors (Lipinski definition) is 4. The zero-order chi connectivity index (χ0) is 27.7. The normalized spacial score (nSPS) is 15.6. The largest absolute Gasteiger partial charge is 2.00 e. The van der Waals surface area contributed by atoms with Crippen LogP contribution in [0.25, 0.3) is 22.8 Å². The van der Waals surface area contributed by atoms with E-state index in [2.05, 4.69) is 32.1 Å². The van der Waals surface area contributed by atoms with Crippen LogP contribution in [0.5, 0.6) is 0 Å². The molecule has 4 nitrogen and oxygen atoms in total. The van der Waals surface area contributed by atoms with Crippen molar-refractivity contribution in [2.75, 3.05) is 0 Å². The number of fused-ring (bicyclic) bond motifs is 10. The van der Waals surface area contributed by atoms with Gasteiger partial charge in [0.15, 0.2) is 0 Å². The Morgan fingerprint density at radius 2 is 1.00 bits per heavy atom. The Hall–Kier alpha value is -3.13. The summed E-state index contributed by atoms with van der Waals surface area (Å²) in [6, 6.07) is 12.7. The van der Waals surface area contributed by atoms with Crippen LogP contribution in [0.2, 0.25) is 0 Å². The molecule has 39 heavy (non-hydrogen) atoms. The van der Waals surface area contributed by atoms with Gasteiger partial charge in [0.2, 0.25) is 0 Å². The van der Waals surface area contributed by atoms with Gasteiger partial charge < -0.3 is 0 Å². The predicted molar refractivity (Wildman–Crippen MR) is 127 cm³/mol. The van der Waals surface area contributed by atoms with Gasteiger partial charge in [-0.15, -0.1) is 58.7 Å². The van der Waals surface area contributed by atoms with E-state index in [9.17, 15) is 26.3 Å². The van der Waals surface area contributed by atoms with Crippen LogP contribution in [0.1, 0.15) is 61.3 Å². The van der Waals surface area contributed by atoms with Gasteiger partial charge in [0.05, 0.1) is 11.6 Å². The average molecular weight is 722 g/mol. The summed E-state index contributed by atoms with van der Waals surface area (Å²) >= 11 is 0. The van der Waals surface area contributed by atoms with Crippen LogP contribution >= 0.6 is 0 Å². The van der Waals surface area contributed by atoms with Gasteiger partial charge in [0, 0.05) is 29.2 Å². The molecule has 0 unspecified atom stereocenters. The first kappa shape index (κ1) is 28.9. The number of halogens is 6. The van der Waals surface area contributed by atoms with Gasteiger partial charge in [0.1, 0.15) is 0 Å². The van der Waals surface area contributed by atoms with Gasteiger partial charge in [-0.25, -0.2) is 0 Å². The Kier molecular flexibility index (Phi) is 7.04. The molecule has 0 radical (unpaired) electrons. The summed E-state index contributed by atoms with van der Waals surface area (Å²) in [5.74, 6) is -0.00227. The molecule has 11 heteroatoms. The van der Waals surface area contributed by atoms with Gasteiger partial charge in [-0.1, -0.05) is 13.8 Å². The smallest absolute Gasteiger partial charge is 0.285 e. The van der Waals surface area contributed by atoms with Crippen molar-refractivity contribution in [2.24, 2.45) is 0 Å². The zero-order valence-electron chi connectivity index (χ0n) is 21.0. The molecule has 0 atom stereocenters. The predicted octanol–water partition coefficient (Wildman–Crippen LogP) is 7.20. The molecule has 0 N–H and O–H groups in total. The second-order valence-electron chi connectivity index (χ2n) is 10.2. The first-order valence-corrected chi connectivity index (χ1v) is 11.5. The summed E-state index contributed by atoms with van der Waals surface area (Å²) in [5, 5.41) is 0. The summed E-state index contributed by atoms with van der Waals surface area (Å²) in [6.45, 7) is 6.62. The Morgan fingerprint density at radius 1 is 0.615 bits per heavy atom. The number of aromatic nitrogens is 4. The molecular weight excluding hydrogens is 701 g/mol. The molecule has 3 heterocycles. The molecule has 8 bridgehead atoms. The van der Waals surface area contributed by atoms with Crippen LogP contribution in [0.15, 0.2) is 48.8 Å². The van der Waals surface area contributed by atoms with E-state index in [1.807, 2.05) is 0 Å². The summed E-state index contributed by atoms with van der Waals surface area (Å²) in [4.78, 5) is 17.5. The monoisotopic (exact) mass is 721 g/mol. The van der Waals surface area contributed by atoms with Crippen molar-refractivity contribution in [3.05, 3.63) is 94.6 Å². The fraction of sp³-hybridized carbons (Fsp3) is 0.286. The van der Waals surface area contributed by atoms with Gasteiger partial charge in [-0.3, -0.25) is 19.9 Å². The second kappa shape index (κ2) is 9.51. The molecular formula is C28H20F6N4Pt. The third kappa shape index (κ3) is 5.23. The van der Waals surface area contributed by atoms with Crippen molar-refractivity contribution in [3.8, 4) is 22.8 Å². The topological polar surface area (TPSA) is 51.6 Å². The molecule has 4 aromatic rings.